The number of aryl methyl sites for hydroxylation is 1. The van der Waals surface area contributed by atoms with Crippen molar-refractivity contribution in [2.75, 3.05) is 0 Å². The maximum Gasteiger partial charge on any atom is 0.185 e. The first-order valence-electron chi connectivity index (χ1n) is 5.88. The first kappa shape index (κ1) is 12.8. The lowest BCUT2D eigenvalue weighted by Crippen LogP contribution is -2.11. The average Bonchev–Trinajstić information content (AvgIpc) is 2.39. The Bertz CT molecular complexity index is 631. The predicted molar refractivity (Wildman–Crippen MR) is 73.2 cm³/mol. The molecule has 2 rings (SSSR count). The molecule has 0 fully saturated rings. The number of benzene rings is 2. The lowest BCUT2D eigenvalue weighted by Gasteiger charge is -2.15. The molecule has 0 bridgehead atoms. The third-order valence-corrected chi connectivity index (χ3v) is 5.41. The van der Waals surface area contributed by atoms with E-state index in [-0.39, 0.29) is 0 Å². The van der Waals surface area contributed by atoms with Gasteiger partial charge in [-0.1, -0.05) is 48.5 Å². The first-order chi connectivity index (χ1) is 8.53. The highest BCUT2D eigenvalue weighted by atomic mass is 32.2. The van der Waals surface area contributed by atoms with Gasteiger partial charge in [-0.15, -0.1) is 0 Å². The largest absolute Gasteiger partial charge is 0.223 e. The van der Waals surface area contributed by atoms with Crippen molar-refractivity contribution in [1.82, 2.24) is 0 Å². The summed E-state index contributed by atoms with van der Waals surface area (Å²) in [6.45, 7) is 3.56. The van der Waals surface area contributed by atoms with E-state index in [1.165, 1.54) is 0 Å². The van der Waals surface area contributed by atoms with Gasteiger partial charge in [0.05, 0.1) is 10.1 Å². The molecule has 0 unspecified atom stereocenters. The van der Waals surface area contributed by atoms with Crippen molar-refractivity contribution < 1.29 is 8.42 Å². The fourth-order valence-electron chi connectivity index (χ4n) is 1.97. The van der Waals surface area contributed by atoms with Crippen molar-refractivity contribution in [3.05, 3.63) is 65.7 Å². The van der Waals surface area contributed by atoms with Crippen LogP contribution in [0, 0.1) is 6.92 Å². The minimum atomic E-state index is -3.32. The van der Waals surface area contributed by atoms with Crippen LogP contribution in [0.25, 0.3) is 0 Å². The van der Waals surface area contributed by atoms with E-state index in [0.717, 1.165) is 11.1 Å². The van der Waals surface area contributed by atoms with Gasteiger partial charge in [-0.25, -0.2) is 8.42 Å². The van der Waals surface area contributed by atoms with E-state index in [4.69, 9.17) is 0 Å². The zero-order chi connectivity index (χ0) is 13.2. The summed E-state index contributed by atoms with van der Waals surface area (Å²) in [5.41, 5.74) is 1.61. The van der Waals surface area contributed by atoms with Crippen LogP contribution in [0.15, 0.2) is 59.5 Å². The summed E-state index contributed by atoms with van der Waals surface area (Å²) in [6.07, 6.45) is 0. The van der Waals surface area contributed by atoms with Crippen molar-refractivity contribution in [3.63, 3.8) is 0 Å². The van der Waals surface area contributed by atoms with Crippen LogP contribution in [0.3, 0.4) is 0 Å². The zero-order valence-electron chi connectivity index (χ0n) is 10.5. The van der Waals surface area contributed by atoms with Crippen LogP contribution in [0.5, 0.6) is 0 Å². The number of sulfone groups is 1. The molecule has 3 heteroatoms. The molecule has 0 amide bonds. The van der Waals surface area contributed by atoms with Crippen molar-refractivity contribution in [1.29, 1.82) is 0 Å². The molecule has 0 aliphatic carbocycles. The van der Waals surface area contributed by atoms with Gasteiger partial charge < -0.3 is 0 Å². The Morgan fingerprint density at radius 3 is 2.06 bits per heavy atom. The van der Waals surface area contributed by atoms with Crippen molar-refractivity contribution >= 4 is 9.84 Å². The molecule has 94 valence electrons. The highest BCUT2D eigenvalue weighted by Gasteiger charge is 2.25. The third-order valence-electron chi connectivity index (χ3n) is 3.13. The van der Waals surface area contributed by atoms with Gasteiger partial charge in [0.25, 0.3) is 0 Å². The van der Waals surface area contributed by atoms with E-state index in [0.29, 0.717) is 4.90 Å². The van der Waals surface area contributed by atoms with E-state index in [2.05, 4.69) is 0 Å². The maximum atomic E-state index is 12.6. The fourth-order valence-corrected chi connectivity index (χ4v) is 3.65. The Hall–Kier alpha value is -1.61. The second-order valence-electron chi connectivity index (χ2n) is 4.36. The van der Waals surface area contributed by atoms with Crippen LogP contribution in [-0.4, -0.2) is 8.42 Å². The van der Waals surface area contributed by atoms with E-state index < -0.39 is 15.1 Å². The highest BCUT2D eigenvalue weighted by molar-refractivity contribution is 7.91. The Morgan fingerprint density at radius 1 is 0.889 bits per heavy atom. The lowest BCUT2D eigenvalue weighted by atomic mass is 10.2. The smallest absolute Gasteiger partial charge is 0.185 e. The molecule has 0 heterocycles. The minimum Gasteiger partial charge on any atom is -0.223 e. The number of rotatable bonds is 3. The molecule has 0 aromatic heterocycles. The molecule has 0 N–H and O–H groups in total. The lowest BCUT2D eigenvalue weighted by molar-refractivity contribution is 0.585. The molecule has 18 heavy (non-hydrogen) atoms. The van der Waals surface area contributed by atoms with Crippen LogP contribution in [0.1, 0.15) is 23.3 Å². The van der Waals surface area contributed by atoms with Crippen LogP contribution in [0.2, 0.25) is 0 Å². The van der Waals surface area contributed by atoms with Gasteiger partial charge in [0.2, 0.25) is 0 Å². The standard InChI is InChI=1S/C15H16O2S/c1-12-8-6-7-11-15(12)18(16,17)13(2)14-9-4-3-5-10-14/h3-11,13H,1-2H3/t13-/m1/s1. The monoisotopic (exact) mass is 260 g/mol. The SMILES string of the molecule is Cc1ccccc1S(=O)(=O)[C@H](C)c1ccccc1. The molecule has 2 aromatic rings. The van der Waals surface area contributed by atoms with Crippen LogP contribution in [-0.2, 0) is 9.84 Å². The topological polar surface area (TPSA) is 34.1 Å². The molecule has 0 spiro atoms. The van der Waals surface area contributed by atoms with Gasteiger partial charge >= 0.3 is 0 Å². The summed E-state index contributed by atoms with van der Waals surface area (Å²) in [7, 11) is -3.32. The van der Waals surface area contributed by atoms with Gasteiger partial charge in [-0.2, -0.15) is 0 Å². The quantitative estimate of drug-likeness (QED) is 0.846. The highest BCUT2D eigenvalue weighted by Crippen LogP contribution is 2.29. The molecule has 0 aliphatic heterocycles. The molecule has 0 radical (unpaired) electrons. The fraction of sp³-hybridized carbons (Fsp3) is 0.200. The summed E-state index contributed by atoms with van der Waals surface area (Å²) < 4.78 is 25.1. The predicted octanol–water partition coefficient (Wildman–Crippen LogP) is 3.53. The van der Waals surface area contributed by atoms with Gasteiger partial charge in [-0.3, -0.25) is 0 Å². The van der Waals surface area contributed by atoms with E-state index in [9.17, 15) is 8.42 Å². The third kappa shape index (κ3) is 2.31. The van der Waals surface area contributed by atoms with E-state index >= 15 is 0 Å². The summed E-state index contributed by atoms with van der Waals surface area (Å²) in [5.74, 6) is 0. The normalized spacial score (nSPS) is 13.2. The zero-order valence-corrected chi connectivity index (χ0v) is 11.3. The molecule has 1 atom stereocenters. The van der Waals surface area contributed by atoms with Gasteiger partial charge in [0, 0.05) is 0 Å². The molecule has 2 aromatic carbocycles. The van der Waals surface area contributed by atoms with Gasteiger partial charge in [0.1, 0.15) is 0 Å². The van der Waals surface area contributed by atoms with E-state index in [1.807, 2.05) is 49.4 Å². The van der Waals surface area contributed by atoms with Crippen LogP contribution >= 0.6 is 0 Å². The Balaban J connectivity index is 2.48. The number of hydrogen-bond donors (Lipinski definition) is 0. The Morgan fingerprint density at radius 2 is 1.44 bits per heavy atom. The summed E-state index contributed by atoms with van der Waals surface area (Å²) >= 11 is 0. The van der Waals surface area contributed by atoms with Crippen molar-refractivity contribution in [3.8, 4) is 0 Å². The molecular formula is C15H16O2S. The average molecular weight is 260 g/mol. The van der Waals surface area contributed by atoms with Crippen molar-refractivity contribution in [2.45, 2.75) is 24.0 Å². The Kier molecular flexibility index (Phi) is 3.53. The maximum absolute atomic E-state index is 12.6. The summed E-state index contributed by atoms with van der Waals surface area (Å²) in [4.78, 5) is 0.418. The van der Waals surface area contributed by atoms with Gasteiger partial charge in [-0.05, 0) is 31.0 Å². The van der Waals surface area contributed by atoms with Gasteiger partial charge in [0.15, 0.2) is 9.84 Å². The van der Waals surface area contributed by atoms with Crippen LogP contribution < -0.4 is 0 Å². The summed E-state index contributed by atoms with van der Waals surface area (Å²) in [6, 6.07) is 16.4. The number of hydrogen-bond acceptors (Lipinski definition) is 2. The Labute approximate surface area is 108 Å². The van der Waals surface area contributed by atoms with E-state index in [1.54, 1.807) is 19.1 Å². The second kappa shape index (κ2) is 4.94. The molecule has 0 saturated carbocycles. The minimum absolute atomic E-state index is 0.418. The van der Waals surface area contributed by atoms with Crippen LogP contribution in [0.4, 0.5) is 0 Å². The van der Waals surface area contributed by atoms with Crippen molar-refractivity contribution in [2.24, 2.45) is 0 Å². The second-order valence-corrected chi connectivity index (χ2v) is 6.60. The first-order valence-corrected chi connectivity index (χ1v) is 7.42. The molecule has 0 saturated heterocycles. The molecule has 2 nitrogen and oxygen atoms in total. The summed E-state index contributed by atoms with van der Waals surface area (Å²) in [5, 5.41) is -0.528. The molecule has 0 aliphatic rings. The molecular weight excluding hydrogens is 244 g/mol.